The minimum atomic E-state index is -4.03. The molecular formula is C19H18ClFN2O4S. The quantitative estimate of drug-likeness (QED) is 0.751. The molecule has 2 heterocycles. The van der Waals surface area contributed by atoms with E-state index in [9.17, 15) is 17.6 Å². The Kier molecular flexibility index (Phi) is 4.60. The van der Waals surface area contributed by atoms with E-state index in [1.54, 1.807) is 12.1 Å². The zero-order valence-corrected chi connectivity index (χ0v) is 16.6. The molecule has 0 bridgehead atoms. The molecule has 0 unspecified atom stereocenters. The van der Waals surface area contributed by atoms with Crippen LogP contribution in [-0.2, 0) is 21.3 Å². The van der Waals surface area contributed by atoms with E-state index in [1.807, 2.05) is 6.92 Å². The second kappa shape index (κ2) is 6.72. The first-order valence-electron chi connectivity index (χ1n) is 8.67. The number of anilines is 1. The molecule has 0 atom stereocenters. The number of halogens is 2. The van der Waals surface area contributed by atoms with Gasteiger partial charge in [-0.1, -0.05) is 36.7 Å². The molecule has 0 spiro atoms. The van der Waals surface area contributed by atoms with Crippen molar-refractivity contribution in [2.45, 2.75) is 18.4 Å². The largest absolute Gasteiger partial charge is 0.380 e. The molecule has 2 aliphatic heterocycles. The standard InChI is InChI=1S/C19H18ClFN2O4S/c1-19(11-27-12-19)10-23-18(24)22(9-13-14(20)5-4-6-15(13)21)16-7-2-3-8-17(16)28(23,25)26/h2-8H,9-12H2,1H3. The maximum atomic E-state index is 14.3. The summed E-state index contributed by atoms with van der Waals surface area (Å²) in [5.41, 5.74) is -0.112. The van der Waals surface area contributed by atoms with E-state index in [0.717, 1.165) is 4.31 Å². The topological polar surface area (TPSA) is 66.9 Å². The van der Waals surface area contributed by atoms with E-state index in [4.69, 9.17) is 16.3 Å². The molecule has 6 nitrogen and oxygen atoms in total. The van der Waals surface area contributed by atoms with Crippen LogP contribution in [0.5, 0.6) is 0 Å². The first-order chi connectivity index (χ1) is 13.2. The third-order valence-electron chi connectivity index (χ3n) is 4.97. The second-order valence-corrected chi connectivity index (χ2v) is 9.59. The summed E-state index contributed by atoms with van der Waals surface area (Å²) in [5, 5.41) is 0.171. The minimum Gasteiger partial charge on any atom is -0.380 e. The zero-order valence-electron chi connectivity index (χ0n) is 15.1. The highest BCUT2D eigenvalue weighted by Gasteiger charge is 2.46. The first kappa shape index (κ1) is 19.2. The molecule has 2 aliphatic rings. The first-order valence-corrected chi connectivity index (χ1v) is 10.5. The molecule has 0 radical (unpaired) electrons. The molecule has 0 N–H and O–H groups in total. The van der Waals surface area contributed by atoms with Gasteiger partial charge in [-0.15, -0.1) is 0 Å². The van der Waals surface area contributed by atoms with Crippen molar-refractivity contribution in [2.24, 2.45) is 5.41 Å². The average molecular weight is 425 g/mol. The Bertz CT molecular complexity index is 1040. The van der Waals surface area contributed by atoms with Crippen LogP contribution in [0.15, 0.2) is 47.4 Å². The van der Waals surface area contributed by atoms with E-state index in [-0.39, 0.29) is 34.3 Å². The van der Waals surface area contributed by atoms with Crippen LogP contribution in [0.2, 0.25) is 5.02 Å². The monoisotopic (exact) mass is 424 g/mol. The lowest BCUT2D eigenvalue weighted by Gasteiger charge is -2.44. The van der Waals surface area contributed by atoms with Gasteiger partial charge in [-0.2, -0.15) is 0 Å². The molecule has 0 saturated carbocycles. The van der Waals surface area contributed by atoms with Crippen LogP contribution in [0.4, 0.5) is 14.9 Å². The van der Waals surface area contributed by atoms with Gasteiger partial charge in [-0.25, -0.2) is 21.9 Å². The van der Waals surface area contributed by atoms with Gasteiger partial charge in [0.15, 0.2) is 0 Å². The summed E-state index contributed by atoms with van der Waals surface area (Å²) >= 11 is 6.13. The van der Waals surface area contributed by atoms with Gasteiger partial charge in [0.25, 0.3) is 10.0 Å². The maximum absolute atomic E-state index is 14.3. The van der Waals surface area contributed by atoms with E-state index < -0.39 is 27.3 Å². The van der Waals surface area contributed by atoms with Gasteiger partial charge in [0.1, 0.15) is 10.7 Å². The number of nitrogens with zero attached hydrogens (tertiary/aromatic N) is 2. The number of hydrogen-bond acceptors (Lipinski definition) is 4. The highest BCUT2D eigenvalue weighted by atomic mass is 35.5. The molecule has 0 aliphatic carbocycles. The maximum Gasteiger partial charge on any atom is 0.338 e. The van der Waals surface area contributed by atoms with Crippen LogP contribution in [0.3, 0.4) is 0 Å². The molecule has 2 aromatic rings. The third-order valence-corrected chi connectivity index (χ3v) is 7.09. The Balaban J connectivity index is 1.80. The average Bonchev–Trinajstić information content (AvgIpc) is 2.63. The number of para-hydroxylation sites is 1. The third kappa shape index (κ3) is 3.05. The van der Waals surface area contributed by atoms with Gasteiger partial charge in [-0.05, 0) is 24.3 Å². The smallest absolute Gasteiger partial charge is 0.338 e. The molecule has 1 fully saturated rings. The van der Waals surface area contributed by atoms with Gasteiger partial charge < -0.3 is 4.74 Å². The van der Waals surface area contributed by atoms with Gasteiger partial charge in [0, 0.05) is 22.5 Å². The highest BCUT2D eigenvalue weighted by Crippen LogP contribution is 2.39. The van der Waals surface area contributed by atoms with Crippen molar-refractivity contribution in [1.29, 1.82) is 0 Å². The number of benzene rings is 2. The highest BCUT2D eigenvalue weighted by molar-refractivity contribution is 7.90. The molecule has 148 valence electrons. The fourth-order valence-corrected chi connectivity index (χ4v) is 5.33. The number of ether oxygens (including phenoxy) is 1. The van der Waals surface area contributed by atoms with Gasteiger partial charge in [0.2, 0.25) is 0 Å². The normalized spacial score (nSPS) is 19.9. The molecule has 9 heteroatoms. The number of urea groups is 1. The van der Waals surface area contributed by atoms with Gasteiger partial charge in [0.05, 0.1) is 25.4 Å². The fraction of sp³-hybridized carbons (Fsp3) is 0.316. The van der Waals surface area contributed by atoms with E-state index in [0.29, 0.717) is 13.2 Å². The Morgan fingerprint density at radius 3 is 2.54 bits per heavy atom. The summed E-state index contributed by atoms with van der Waals surface area (Å²) in [5.74, 6) is -0.558. The lowest BCUT2D eigenvalue weighted by Crippen LogP contribution is -2.57. The number of carbonyl (C=O) groups is 1. The van der Waals surface area contributed by atoms with Crippen molar-refractivity contribution in [3.63, 3.8) is 0 Å². The Morgan fingerprint density at radius 1 is 1.18 bits per heavy atom. The molecule has 0 aromatic heterocycles. The summed E-state index contributed by atoms with van der Waals surface area (Å²) < 4.78 is 46.6. The van der Waals surface area contributed by atoms with Crippen LogP contribution in [0.25, 0.3) is 0 Å². The number of hydrogen-bond donors (Lipinski definition) is 0. The van der Waals surface area contributed by atoms with Crippen LogP contribution in [0.1, 0.15) is 12.5 Å². The molecule has 2 aromatic carbocycles. The number of amides is 2. The summed E-state index contributed by atoms with van der Waals surface area (Å²) in [7, 11) is -4.03. The van der Waals surface area contributed by atoms with Crippen LogP contribution in [0, 0.1) is 11.2 Å². The van der Waals surface area contributed by atoms with E-state index >= 15 is 0 Å². The fourth-order valence-electron chi connectivity index (χ4n) is 3.39. The lowest BCUT2D eigenvalue weighted by molar-refractivity contribution is -0.104. The predicted octanol–water partition coefficient (Wildman–Crippen LogP) is 3.65. The predicted molar refractivity (Wildman–Crippen MR) is 102 cm³/mol. The van der Waals surface area contributed by atoms with Crippen molar-refractivity contribution >= 4 is 33.3 Å². The Labute approximate surface area is 167 Å². The Hall–Kier alpha value is -2.16. The van der Waals surface area contributed by atoms with Crippen LogP contribution < -0.4 is 4.90 Å². The van der Waals surface area contributed by atoms with Gasteiger partial charge in [-0.3, -0.25) is 4.90 Å². The van der Waals surface area contributed by atoms with Crippen molar-refractivity contribution in [2.75, 3.05) is 24.7 Å². The number of sulfonamides is 1. The van der Waals surface area contributed by atoms with E-state index in [1.165, 1.54) is 35.2 Å². The number of carbonyl (C=O) groups excluding carboxylic acids is 1. The summed E-state index contributed by atoms with van der Waals surface area (Å²) in [6, 6.07) is 9.73. The van der Waals surface area contributed by atoms with Crippen molar-refractivity contribution in [3.05, 3.63) is 58.9 Å². The van der Waals surface area contributed by atoms with Crippen molar-refractivity contribution in [1.82, 2.24) is 4.31 Å². The van der Waals surface area contributed by atoms with Crippen molar-refractivity contribution in [3.8, 4) is 0 Å². The molecular weight excluding hydrogens is 407 g/mol. The molecule has 1 saturated heterocycles. The number of fused-ring (bicyclic) bond motifs is 1. The molecule has 4 rings (SSSR count). The minimum absolute atomic E-state index is 0.00547. The van der Waals surface area contributed by atoms with E-state index in [2.05, 4.69) is 0 Å². The van der Waals surface area contributed by atoms with Crippen molar-refractivity contribution < 1.29 is 22.3 Å². The summed E-state index contributed by atoms with van der Waals surface area (Å²) in [6.07, 6.45) is 0. The summed E-state index contributed by atoms with van der Waals surface area (Å²) in [4.78, 5) is 14.5. The molecule has 28 heavy (non-hydrogen) atoms. The Morgan fingerprint density at radius 2 is 1.89 bits per heavy atom. The summed E-state index contributed by atoms with van der Waals surface area (Å²) in [6.45, 7) is 2.41. The van der Waals surface area contributed by atoms with Crippen LogP contribution >= 0.6 is 11.6 Å². The second-order valence-electron chi connectivity index (χ2n) is 7.35. The zero-order chi connectivity index (χ0) is 20.1. The lowest BCUT2D eigenvalue weighted by atomic mass is 9.89. The number of rotatable bonds is 4. The SMILES string of the molecule is CC1(CN2C(=O)N(Cc3c(F)cccc3Cl)c3ccccc3S2(=O)=O)COC1. The van der Waals surface area contributed by atoms with Crippen LogP contribution in [-0.4, -0.2) is 38.5 Å². The molecule has 2 amide bonds. The van der Waals surface area contributed by atoms with Gasteiger partial charge >= 0.3 is 6.03 Å².